The molecule has 0 aliphatic rings. The molecule has 0 aromatic heterocycles. The quantitative estimate of drug-likeness (QED) is 0.223. The van der Waals surface area contributed by atoms with Crippen molar-refractivity contribution in [3.05, 3.63) is 91.0 Å². The molecule has 29 heavy (non-hydrogen) atoms. The Bertz CT molecular complexity index is 699. The van der Waals surface area contributed by atoms with E-state index in [-0.39, 0.29) is 0 Å². The summed E-state index contributed by atoms with van der Waals surface area (Å²) in [7, 11) is -1.62. The molecule has 0 aliphatic carbocycles. The molecule has 3 rings (SSSR count). The average Bonchev–Trinajstić information content (AvgIpc) is 2.80. The highest BCUT2D eigenvalue weighted by Crippen LogP contribution is 2.55. The largest absolute Gasteiger partial charge is 0.0654 e. The topological polar surface area (TPSA) is 0 Å². The number of hydrogen-bond donors (Lipinski definition) is 0. The number of rotatable bonds is 12. The summed E-state index contributed by atoms with van der Waals surface area (Å²) >= 11 is 0. The second kappa shape index (κ2) is 11.9. The summed E-state index contributed by atoms with van der Waals surface area (Å²) in [5, 5.41) is 4.54. The van der Waals surface area contributed by atoms with Crippen LogP contribution in [0.3, 0.4) is 0 Å². The first kappa shape index (κ1) is 21.8. The van der Waals surface area contributed by atoms with Crippen LogP contribution >= 0.6 is 7.26 Å². The van der Waals surface area contributed by atoms with Gasteiger partial charge in [-0.25, -0.2) is 0 Å². The molecule has 1 heteroatoms. The third-order valence-electron chi connectivity index (χ3n) is 5.94. The molecule has 3 aromatic rings. The molecule has 0 spiro atoms. The Hall–Kier alpha value is -1.91. The zero-order valence-corrected chi connectivity index (χ0v) is 18.9. The van der Waals surface area contributed by atoms with Gasteiger partial charge in [-0.3, -0.25) is 0 Å². The molecule has 3 aromatic carbocycles. The average molecular weight is 404 g/mol. The summed E-state index contributed by atoms with van der Waals surface area (Å²) in [6.45, 7) is 2.29. The van der Waals surface area contributed by atoms with Crippen molar-refractivity contribution in [2.24, 2.45) is 0 Å². The van der Waals surface area contributed by atoms with E-state index < -0.39 is 7.26 Å². The Balaban J connectivity index is 1.83. The van der Waals surface area contributed by atoms with Crippen LogP contribution in [0.15, 0.2) is 91.0 Å². The van der Waals surface area contributed by atoms with Crippen LogP contribution in [0.1, 0.15) is 58.3 Å². The van der Waals surface area contributed by atoms with Crippen LogP contribution < -0.4 is 15.9 Å². The molecule has 0 saturated carbocycles. The van der Waals surface area contributed by atoms with Gasteiger partial charge in [0.15, 0.2) is 0 Å². The predicted molar refractivity (Wildman–Crippen MR) is 133 cm³/mol. The second-order valence-corrected chi connectivity index (χ2v) is 11.6. The zero-order chi connectivity index (χ0) is 20.2. The molecule has 0 bridgehead atoms. The van der Waals surface area contributed by atoms with Gasteiger partial charge < -0.3 is 0 Å². The third-order valence-corrected chi connectivity index (χ3v) is 10.5. The van der Waals surface area contributed by atoms with Crippen molar-refractivity contribution in [2.75, 3.05) is 6.16 Å². The van der Waals surface area contributed by atoms with Gasteiger partial charge in [-0.2, -0.15) is 0 Å². The van der Waals surface area contributed by atoms with Crippen molar-refractivity contribution in [3.63, 3.8) is 0 Å². The first-order valence-corrected chi connectivity index (χ1v) is 13.4. The molecule has 0 atom stereocenters. The van der Waals surface area contributed by atoms with Gasteiger partial charge in [0.2, 0.25) is 0 Å². The number of hydrogen-bond acceptors (Lipinski definition) is 0. The normalized spacial score (nSPS) is 11.5. The van der Waals surface area contributed by atoms with Crippen molar-refractivity contribution in [3.8, 4) is 0 Å². The predicted octanol–water partition coefficient (Wildman–Crippen LogP) is 7.12. The van der Waals surface area contributed by atoms with Crippen LogP contribution in [0.2, 0.25) is 0 Å². The summed E-state index contributed by atoms with van der Waals surface area (Å²) < 4.78 is 0. The van der Waals surface area contributed by atoms with E-state index >= 15 is 0 Å². The maximum Gasteiger partial charge on any atom is -0.0196 e. The third kappa shape index (κ3) is 5.80. The maximum absolute atomic E-state index is 2.36. The highest BCUT2D eigenvalue weighted by Gasteiger charge is 2.33. The van der Waals surface area contributed by atoms with E-state index in [0.29, 0.717) is 0 Å². The molecular formula is C28H36P. The molecule has 0 amide bonds. The van der Waals surface area contributed by atoms with Crippen molar-refractivity contribution in [1.29, 1.82) is 0 Å². The zero-order valence-electron chi connectivity index (χ0n) is 18.0. The lowest BCUT2D eigenvalue weighted by Gasteiger charge is -2.38. The lowest BCUT2D eigenvalue weighted by molar-refractivity contribution is 0.586. The van der Waals surface area contributed by atoms with Gasteiger partial charge in [-0.1, -0.05) is 143 Å². The Labute approximate surface area is 178 Å². The lowest BCUT2D eigenvalue weighted by atomic mass is 10.1. The van der Waals surface area contributed by atoms with Crippen LogP contribution in [0.25, 0.3) is 0 Å². The van der Waals surface area contributed by atoms with Gasteiger partial charge in [0.05, 0.1) is 0 Å². The molecule has 0 heterocycles. The first-order chi connectivity index (χ1) is 14.4. The Morgan fingerprint density at radius 1 is 0.448 bits per heavy atom. The van der Waals surface area contributed by atoms with Crippen LogP contribution in [0.5, 0.6) is 0 Å². The van der Waals surface area contributed by atoms with Gasteiger partial charge >= 0.3 is 0 Å². The summed E-state index contributed by atoms with van der Waals surface area (Å²) in [5.74, 6) is 0. The molecule has 0 saturated heterocycles. The lowest BCUT2D eigenvalue weighted by Crippen LogP contribution is -2.33. The van der Waals surface area contributed by atoms with E-state index in [1.807, 2.05) is 0 Å². The van der Waals surface area contributed by atoms with Crippen LogP contribution in [0, 0.1) is 0 Å². The van der Waals surface area contributed by atoms with Crippen molar-refractivity contribution in [1.82, 2.24) is 0 Å². The van der Waals surface area contributed by atoms with Crippen molar-refractivity contribution in [2.45, 2.75) is 58.3 Å². The number of benzene rings is 3. The van der Waals surface area contributed by atoms with Gasteiger partial charge in [0, 0.05) is 0 Å². The van der Waals surface area contributed by atoms with Gasteiger partial charge in [-0.05, 0) is 35.8 Å². The minimum atomic E-state index is -1.62. The second-order valence-electron chi connectivity index (χ2n) is 8.01. The Morgan fingerprint density at radius 3 is 1.17 bits per heavy atom. The van der Waals surface area contributed by atoms with E-state index in [2.05, 4.69) is 97.9 Å². The first-order valence-electron chi connectivity index (χ1n) is 11.4. The highest BCUT2D eigenvalue weighted by atomic mass is 31.2. The summed E-state index contributed by atoms with van der Waals surface area (Å²) in [5.41, 5.74) is 0. The minimum absolute atomic E-state index is 1.26. The van der Waals surface area contributed by atoms with Crippen LogP contribution in [0.4, 0.5) is 0 Å². The van der Waals surface area contributed by atoms with Crippen molar-refractivity contribution >= 4 is 23.2 Å². The maximum atomic E-state index is 2.36. The van der Waals surface area contributed by atoms with E-state index in [4.69, 9.17) is 0 Å². The molecule has 0 nitrogen and oxygen atoms in total. The van der Waals surface area contributed by atoms with Gasteiger partial charge in [0.1, 0.15) is 0 Å². The molecule has 1 radical (unpaired) electrons. The monoisotopic (exact) mass is 403 g/mol. The molecule has 0 aliphatic heterocycles. The van der Waals surface area contributed by atoms with Gasteiger partial charge in [-0.15, -0.1) is 0 Å². The summed E-state index contributed by atoms with van der Waals surface area (Å²) in [6, 6.07) is 33.9. The van der Waals surface area contributed by atoms with Gasteiger partial charge in [0.25, 0.3) is 0 Å². The summed E-state index contributed by atoms with van der Waals surface area (Å²) in [4.78, 5) is 0. The van der Waals surface area contributed by atoms with E-state index in [1.54, 1.807) is 0 Å². The SMILES string of the molecule is CCCCCCCCCC[P](c1ccccc1)(c1ccccc1)c1ccccc1. The molecule has 0 unspecified atom stereocenters. The fraction of sp³-hybridized carbons (Fsp3) is 0.357. The van der Waals surface area contributed by atoms with Crippen LogP contribution in [-0.4, -0.2) is 6.16 Å². The molecule has 0 N–H and O–H groups in total. The van der Waals surface area contributed by atoms with E-state index in [1.165, 1.54) is 73.4 Å². The number of unbranched alkanes of at least 4 members (excludes halogenated alkanes) is 7. The van der Waals surface area contributed by atoms with E-state index in [0.717, 1.165) is 0 Å². The minimum Gasteiger partial charge on any atom is -0.0654 e. The highest BCUT2D eigenvalue weighted by molar-refractivity contribution is 7.95. The standard InChI is InChI=1S/C28H36P/c1-2-3-4-5-6-7-8-18-25-29(26-19-12-9-13-20-26,27-21-14-10-15-22-27)28-23-16-11-17-24-28/h9-17,19-24H,2-8,18,25H2,1H3. The Morgan fingerprint density at radius 2 is 0.793 bits per heavy atom. The summed E-state index contributed by atoms with van der Waals surface area (Å²) in [6.07, 6.45) is 12.2. The Kier molecular flexibility index (Phi) is 8.97. The molecule has 153 valence electrons. The fourth-order valence-corrected chi connectivity index (χ4v) is 8.78. The molecular weight excluding hydrogens is 367 g/mol. The van der Waals surface area contributed by atoms with Crippen molar-refractivity contribution < 1.29 is 0 Å². The molecule has 0 fully saturated rings. The van der Waals surface area contributed by atoms with E-state index in [9.17, 15) is 0 Å². The fourth-order valence-electron chi connectivity index (χ4n) is 4.36. The van der Waals surface area contributed by atoms with Crippen LogP contribution in [-0.2, 0) is 0 Å². The smallest absolute Gasteiger partial charge is 0.0196 e.